The van der Waals surface area contributed by atoms with Crippen LogP contribution in [0.1, 0.15) is 41.4 Å². The molecule has 0 bridgehead atoms. The molecule has 3 heterocycles. The van der Waals surface area contributed by atoms with E-state index in [2.05, 4.69) is 20.3 Å². The van der Waals surface area contributed by atoms with Gasteiger partial charge in [0.05, 0.1) is 24.0 Å². The summed E-state index contributed by atoms with van der Waals surface area (Å²) in [7, 11) is 0. The number of fused-ring (bicyclic) bond motifs is 1. The van der Waals surface area contributed by atoms with Crippen LogP contribution in [0, 0.1) is 5.82 Å². The summed E-state index contributed by atoms with van der Waals surface area (Å²) in [6, 6.07) is 11.6. The molecule has 14 heteroatoms. The van der Waals surface area contributed by atoms with Crippen molar-refractivity contribution in [2.45, 2.75) is 43.1 Å². The van der Waals surface area contributed by atoms with Gasteiger partial charge in [0.1, 0.15) is 41.4 Å². The van der Waals surface area contributed by atoms with E-state index in [0.717, 1.165) is 31.0 Å². The fraction of sp³-hybridized carbons (Fsp3) is 0.281. The molecule has 1 aliphatic carbocycles. The summed E-state index contributed by atoms with van der Waals surface area (Å²) in [4.78, 5) is 37.9. The van der Waals surface area contributed by atoms with Crippen molar-refractivity contribution < 1.29 is 41.7 Å². The summed E-state index contributed by atoms with van der Waals surface area (Å²) in [6.45, 7) is -0.251. The molecular formula is C32H27F4N5O5. The van der Waals surface area contributed by atoms with Gasteiger partial charge in [0, 0.05) is 28.5 Å². The maximum Gasteiger partial charge on any atom is 0.424 e. The molecule has 2 amide bonds. The number of pyridine rings is 1. The summed E-state index contributed by atoms with van der Waals surface area (Å²) in [5.74, 6) is -2.13. The normalized spacial score (nSPS) is 18.7. The molecule has 1 fully saturated rings. The van der Waals surface area contributed by atoms with Gasteiger partial charge in [-0.15, -0.1) is 0 Å². The first kappa shape index (κ1) is 30.9. The number of nitrogens with two attached hydrogens (primary N) is 1. The van der Waals surface area contributed by atoms with Crippen molar-refractivity contribution >= 4 is 11.8 Å². The lowest BCUT2D eigenvalue weighted by Gasteiger charge is -2.31. The van der Waals surface area contributed by atoms with E-state index < -0.39 is 47.1 Å². The summed E-state index contributed by atoms with van der Waals surface area (Å²) < 4.78 is 69.6. The van der Waals surface area contributed by atoms with Crippen LogP contribution in [0.4, 0.5) is 17.6 Å². The second kappa shape index (κ2) is 11.4. The number of aliphatic hydroxyl groups is 1. The summed E-state index contributed by atoms with van der Waals surface area (Å²) in [5, 5.41) is 13.5. The second-order valence-electron chi connectivity index (χ2n) is 11.4. The van der Waals surface area contributed by atoms with E-state index in [4.69, 9.17) is 15.2 Å². The van der Waals surface area contributed by atoms with Crippen LogP contribution in [-0.4, -0.2) is 57.3 Å². The minimum absolute atomic E-state index is 0.0263. The quantitative estimate of drug-likeness (QED) is 0.231. The van der Waals surface area contributed by atoms with E-state index in [1.165, 1.54) is 43.7 Å². The van der Waals surface area contributed by atoms with Crippen LogP contribution in [0.2, 0.25) is 0 Å². The minimum Gasteiger partial charge on any atom is -0.490 e. The van der Waals surface area contributed by atoms with Gasteiger partial charge in [-0.1, -0.05) is 0 Å². The molecular weight excluding hydrogens is 610 g/mol. The number of benzene rings is 2. The number of carbonyl (C=O) groups excluding carboxylic acids is 2. The van der Waals surface area contributed by atoms with Crippen LogP contribution in [0.3, 0.4) is 0 Å². The standard InChI is InChI=1S/C32H27F4N5O5/c1-30(29(37)43)15-45-27-22(30)13-25(41-26(27)17-2-5-19(33)6-3-17)31(44,32(34,35)36)14-39-28(42)18-4-9-21(23-10-11-38-16-40-23)24(12-18)46-20-7-8-20/h2-6,9-13,16,20,44H,7-8,14-15H2,1H3,(H2,37,43)(H,39,42)/t30-,31?/m0/s1. The van der Waals surface area contributed by atoms with E-state index in [1.54, 1.807) is 12.1 Å². The van der Waals surface area contributed by atoms with E-state index in [9.17, 15) is 32.3 Å². The number of aromatic nitrogens is 3. The number of primary amides is 1. The van der Waals surface area contributed by atoms with Crippen molar-refractivity contribution in [3.05, 3.63) is 89.8 Å². The van der Waals surface area contributed by atoms with Crippen molar-refractivity contribution in [1.29, 1.82) is 0 Å². The van der Waals surface area contributed by atoms with Gasteiger partial charge < -0.3 is 25.6 Å². The Morgan fingerprint density at radius 1 is 1.13 bits per heavy atom. The highest BCUT2D eigenvalue weighted by Crippen LogP contribution is 2.47. The molecule has 0 radical (unpaired) electrons. The maximum atomic E-state index is 14.7. The Bertz CT molecular complexity index is 1820. The predicted octanol–water partition coefficient (Wildman–Crippen LogP) is 4.20. The highest BCUT2D eigenvalue weighted by Gasteiger charge is 2.57. The van der Waals surface area contributed by atoms with E-state index in [1.807, 2.05) is 0 Å². The van der Waals surface area contributed by atoms with Gasteiger partial charge >= 0.3 is 6.18 Å². The van der Waals surface area contributed by atoms with Gasteiger partial charge in [-0.3, -0.25) is 9.59 Å². The van der Waals surface area contributed by atoms with Crippen molar-refractivity contribution in [3.63, 3.8) is 0 Å². The van der Waals surface area contributed by atoms with Gasteiger partial charge in [0.2, 0.25) is 11.5 Å². The minimum atomic E-state index is -5.36. The third-order valence-corrected chi connectivity index (χ3v) is 8.05. The SMILES string of the molecule is C[C@]1(C(N)=O)COc2c1cc(C(O)(CNC(=O)c1ccc(-c3ccncn3)c(OC3CC3)c1)C(F)(F)F)nc2-c1ccc(F)cc1. The average Bonchev–Trinajstić information content (AvgIpc) is 3.79. The van der Waals surface area contributed by atoms with Gasteiger partial charge in [-0.25, -0.2) is 19.3 Å². The molecule has 10 nitrogen and oxygen atoms in total. The Hall–Kier alpha value is -5.11. The molecule has 6 rings (SSSR count). The zero-order valence-corrected chi connectivity index (χ0v) is 24.3. The van der Waals surface area contributed by atoms with Crippen LogP contribution >= 0.6 is 0 Å². The van der Waals surface area contributed by atoms with Crippen molar-refractivity contribution in [2.24, 2.45) is 5.73 Å². The number of carbonyl (C=O) groups is 2. The first-order chi connectivity index (χ1) is 21.8. The lowest BCUT2D eigenvalue weighted by molar-refractivity contribution is -0.265. The molecule has 4 N–H and O–H groups in total. The molecule has 1 aliphatic heterocycles. The molecule has 4 aromatic rings. The van der Waals surface area contributed by atoms with Gasteiger partial charge in [0.25, 0.3) is 5.91 Å². The molecule has 2 aromatic carbocycles. The third-order valence-electron chi connectivity index (χ3n) is 8.05. The van der Waals surface area contributed by atoms with E-state index in [-0.39, 0.29) is 40.8 Å². The number of hydrogen-bond acceptors (Lipinski definition) is 8. The largest absolute Gasteiger partial charge is 0.490 e. The molecule has 0 spiro atoms. The molecule has 0 saturated heterocycles. The summed E-state index contributed by atoms with van der Waals surface area (Å²) >= 11 is 0. The molecule has 1 saturated carbocycles. The Labute approximate surface area is 259 Å². The van der Waals surface area contributed by atoms with Crippen molar-refractivity contribution in [3.8, 4) is 34.0 Å². The van der Waals surface area contributed by atoms with E-state index in [0.29, 0.717) is 17.0 Å². The summed E-state index contributed by atoms with van der Waals surface area (Å²) in [5.41, 5.74) is 0.391. The monoisotopic (exact) mass is 637 g/mol. The number of alkyl halides is 3. The smallest absolute Gasteiger partial charge is 0.424 e. The zero-order chi connectivity index (χ0) is 32.9. The third kappa shape index (κ3) is 5.60. The number of nitrogens with zero attached hydrogens (tertiary/aromatic N) is 3. The second-order valence-corrected chi connectivity index (χ2v) is 11.4. The molecule has 1 unspecified atom stereocenters. The van der Waals surface area contributed by atoms with Crippen LogP contribution in [0.15, 0.2) is 67.1 Å². The number of halogens is 4. The molecule has 2 aromatic heterocycles. The topological polar surface area (TPSA) is 150 Å². The predicted molar refractivity (Wildman–Crippen MR) is 155 cm³/mol. The van der Waals surface area contributed by atoms with Crippen LogP contribution < -0.4 is 20.5 Å². The van der Waals surface area contributed by atoms with Crippen LogP contribution in [0.25, 0.3) is 22.5 Å². The number of amides is 2. The maximum absolute atomic E-state index is 14.7. The lowest BCUT2D eigenvalue weighted by Crippen LogP contribution is -2.51. The molecule has 238 valence electrons. The van der Waals surface area contributed by atoms with Gasteiger partial charge in [0.15, 0.2) is 0 Å². The van der Waals surface area contributed by atoms with E-state index >= 15 is 0 Å². The zero-order valence-electron chi connectivity index (χ0n) is 24.3. The fourth-order valence-electron chi connectivity index (χ4n) is 5.04. The van der Waals surface area contributed by atoms with Crippen LogP contribution in [0.5, 0.6) is 11.5 Å². The number of ether oxygens (including phenoxy) is 2. The molecule has 46 heavy (non-hydrogen) atoms. The first-order valence-electron chi connectivity index (χ1n) is 14.2. The average molecular weight is 638 g/mol. The first-order valence-corrected chi connectivity index (χ1v) is 14.2. The number of rotatable bonds is 9. The number of nitrogens with one attached hydrogen (secondary N) is 1. The van der Waals surface area contributed by atoms with Gasteiger partial charge in [-0.2, -0.15) is 13.2 Å². The Balaban J connectivity index is 1.37. The lowest BCUT2D eigenvalue weighted by atomic mass is 9.81. The Morgan fingerprint density at radius 2 is 1.87 bits per heavy atom. The van der Waals surface area contributed by atoms with Crippen molar-refractivity contribution in [2.75, 3.05) is 13.2 Å². The Morgan fingerprint density at radius 3 is 2.50 bits per heavy atom. The highest BCUT2D eigenvalue weighted by molar-refractivity contribution is 5.95. The molecule has 2 aliphatic rings. The van der Waals surface area contributed by atoms with Crippen molar-refractivity contribution in [1.82, 2.24) is 20.3 Å². The summed E-state index contributed by atoms with van der Waals surface area (Å²) in [6.07, 6.45) is -0.917. The molecule has 2 atom stereocenters. The number of hydrogen-bond donors (Lipinski definition) is 3. The van der Waals surface area contributed by atoms with Gasteiger partial charge in [-0.05, 0) is 74.4 Å². The Kier molecular flexibility index (Phi) is 7.63. The van der Waals surface area contributed by atoms with Crippen LogP contribution in [-0.2, 0) is 15.8 Å². The highest BCUT2D eigenvalue weighted by atomic mass is 19.4. The fourth-order valence-corrected chi connectivity index (χ4v) is 5.04.